The lowest BCUT2D eigenvalue weighted by molar-refractivity contribution is 0.497. The van der Waals surface area contributed by atoms with Gasteiger partial charge < -0.3 is 10.6 Å². The van der Waals surface area contributed by atoms with Gasteiger partial charge in [0.05, 0.1) is 0 Å². The first-order valence-corrected chi connectivity index (χ1v) is 6.65. The summed E-state index contributed by atoms with van der Waals surface area (Å²) in [7, 11) is 0. The van der Waals surface area contributed by atoms with Crippen molar-refractivity contribution in [1.82, 2.24) is 0 Å². The van der Waals surface area contributed by atoms with Crippen molar-refractivity contribution in [3.63, 3.8) is 0 Å². The summed E-state index contributed by atoms with van der Waals surface area (Å²) < 4.78 is 27.0. The third-order valence-corrected chi connectivity index (χ3v) is 3.12. The van der Waals surface area contributed by atoms with Crippen LogP contribution in [0.5, 0.6) is 0 Å². The summed E-state index contributed by atoms with van der Waals surface area (Å²) in [6, 6.07) is 11.7. The SMILES string of the molecule is CCCN(Cc1cccc(F)c1F)c1cccc(N)c1. The maximum atomic E-state index is 13.8. The highest BCUT2D eigenvalue weighted by Gasteiger charge is 2.12. The Hall–Kier alpha value is -2.10. The molecule has 2 N–H and O–H groups in total. The average Bonchev–Trinajstić information content (AvgIpc) is 2.43. The fourth-order valence-corrected chi connectivity index (χ4v) is 2.17. The zero-order valence-electron chi connectivity index (χ0n) is 11.4. The van der Waals surface area contributed by atoms with Gasteiger partial charge in [0.15, 0.2) is 11.6 Å². The van der Waals surface area contributed by atoms with Crippen molar-refractivity contribution in [1.29, 1.82) is 0 Å². The van der Waals surface area contributed by atoms with Crippen molar-refractivity contribution in [2.24, 2.45) is 0 Å². The van der Waals surface area contributed by atoms with Crippen molar-refractivity contribution in [3.05, 3.63) is 59.7 Å². The van der Waals surface area contributed by atoms with Gasteiger partial charge in [0.1, 0.15) is 0 Å². The van der Waals surface area contributed by atoms with Gasteiger partial charge in [-0.3, -0.25) is 0 Å². The first kappa shape index (κ1) is 14.3. The molecule has 0 aliphatic heterocycles. The van der Waals surface area contributed by atoms with Crippen LogP contribution in [0.15, 0.2) is 42.5 Å². The van der Waals surface area contributed by atoms with Crippen LogP contribution in [0.3, 0.4) is 0 Å². The number of benzene rings is 2. The molecule has 0 radical (unpaired) electrons. The van der Waals surface area contributed by atoms with Gasteiger partial charge in [0.2, 0.25) is 0 Å². The maximum absolute atomic E-state index is 13.8. The van der Waals surface area contributed by atoms with Crippen molar-refractivity contribution in [2.75, 3.05) is 17.2 Å². The Morgan fingerprint density at radius 3 is 2.55 bits per heavy atom. The van der Waals surface area contributed by atoms with Crippen LogP contribution < -0.4 is 10.6 Å². The number of rotatable bonds is 5. The Kier molecular flexibility index (Phi) is 4.56. The smallest absolute Gasteiger partial charge is 0.163 e. The van der Waals surface area contributed by atoms with E-state index in [-0.39, 0.29) is 0 Å². The molecule has 0 aliphatic rings. The van der Waals surface area contributed by atoms with Crippen molar-refractivity contribution in [3.8, 4) is 0 Å². The lowest BCUT2D eigenvalue weighted by Gasteiger charge is -2.25. The fourth-order valence-electron chi connectivity index (χ4n) is 2.17. The zero-order chi connectivity index (χ0) is 14.5. The Morgan fingerprint density at radius 2 is 1.85 bits per heavy atom. The van der Waals surface area contributed by atoms with Crippen LogP contribution in [0.4, 0.5) is 20.2 Å². The van der Waals surface area contributed by atoms with E-state index in [0.29, 0.717) is 17.8 Å². The van der Waals surface area contributed by atoms with Gasteiger partial charge in [-0.25, -0.2) is 8.78 Å². The second-order valence-electron chi connectivity index (χ2n) is 4.73. The lowest BCUT2D eigenvalue weighted by Crippen LogP contribution is -2.24. The molecule has 2 aromatic carbocycles. The molecular formula is C16H18F2N2. The molecule has 2 rings (SSSR count). The molecule has 0 saturated heterocycles. The largest absolute Gasteiger partial charge is 0.399 e. The quantitative estimate of drug-likeness (QED) is 0.837. The summed E-state index contributed by atoms with van der Waals surface area (Å²) in [6.45, 7) is 3.11. The van der Waals surface area contributed by atoms with Crippen LogP contribution in [-0.2, 0) is 6.54 Å². The predicted octanol–water partition coefficient (Wildman–Crippen LogP) is 3.96. The second kappa shape index (κ2) is 6.37. The van der Waals surface area contributed by atoms with Crippen LogP contribution in [-0.4, -0.2) is 6.54 Å². The minimum Gasteiger partial charge on any atom is -0.399 e. The summed E-state index contributed by atoms with van der Waals surface area (Å²) in [5.41, 5.74) is 7.70. The monoisotopic (exact) mass is 276 g/mol. The van der Waals surface area contributed by atoms with Crippen molar-refractivity contribution in [2.45, 2.75) is 19.9 Å². The molecule has 0 aliphatic carbocycles. The summed E-state index contributed by atoms with van der Waals surface area (Å²) in [5, 5.41) is 0. The van der Waals surface area contributed by atoms with Gasteiger partial charge in [0.25, 0.3) is 0 Å². The molecule has 0 fully saturated rings. The normalized spacial score (nSPS) is 10.6. The molecule has 0 bridgehead atoms. The third kappa shape index (κ3) is 3.26. The summed E-state index contributed by atoms with van der Waals surface area (Å²) in [6.07, 6.45) is 0.908. The Bertz CT molecular complexity index is 584. The number of anilines is 2. The van der Waals surface area contributed by atoms with Crippen molar-refractivity contribution >= 4 is 11.4 Å². The molecule has 4 heteroatoms. The van der Waals surface area contributed by atoms with E-state index in [1.807, 2.05) is 30.0 Å². The van der Waals surface area contributed by atoms with Gasteiger partial charge in [-0.05, 0) is 30.7 Å². The minimum absolute atomic E-state index is 0.320. The first-order valence-electron chi connectivity index (χ1n) is 6.65. The molecular weight excluding hydrogens is 258 g/mol. The van der Waals surface area contributed by atoms with Crippen LogP contribution in [0.1, 0.15) is 18.9 Å². The molecule has 0 aromatic heterocycles. The van der Waals surface area contributed by atoms with Crippen LogP contribution in [0.2, 0.25) is 0 Å². The van der Waals surface area contributed by atoms with Gasteiger partial charge in [0, 0.05) is 30.0 Å². The van der Waals surface area contributed by atoms with Gasteiger partial charge in [-0.1, -0.05) is 25.1 Å². The lowest BCUT2D eigenvalue weighted by atomic mass is 10.1. The van der Waals surface area contributed by atoms with E-state index in [4.69, 9.17) is 5.73 Å². The summed E-state index contributed by atoms with van der Waals surface area (Å²) >= 11 is 0. The maximum Gasteiger partial charge on any atom is 0.163 e. The van der Waals surface area contributed by atoms with E-state index in [1.165, 1.54) is 6.07 Å². The van der Waals surface area contributed by atoms with Crippen LogP contribution in [0, 0.1) is 11.6 Å². The van der Waals surface area contributed by atoms with E-state index in [1.54, 1.807) is 12.1 Å². The topological polar surface area (TPSA) is 29.3 Å². The fraction of sp³-hybridized carbons (Fsp3) is 0.250. The molecule has 0 amide bonds. The van der Waals surface area contributed by atoms with E-state index < -0.39 is 11.6 Å². The molecule has 2 aromatic rings. The predicted molar refractivity (Wildman–Crippen MR) is 78.6 cm³/mol. The zero-order valence-corrected chi connectivity index (χ0v) is 11.4. The molecule has 0 atom stereocenters. The molecule has 0 unspecified atom stereocenters. The third-order valence-electron chi connectivity index (χ3n) is 3.12. The Morgan fingerprint density at radius 1 is 1.10 bits per heavy atom. The molecule has 0 spiro atoms. The number of nitrogen functional groups attached to an aromatic ring is 1. The van der Waals surface area contributed by atoms with Crippen LogP contribution in [0.25, 0.3) is 0 Å². The van der Waals surface area contributed by atoms with Crippen LogP contribution >= 0.6 is 0 Å². The number of halogens is 2. The second-order valence-corrected chi connectivity index (χ2v) is 4.73. The Balaban J connectivity index is 2.28. The summed E-state index contributed by atoms with van der Waals surface area (Å²) in [5.74, 6) is -1.59. The average molecular weight is 276 g/mol. The summed E-state index contributed by atoms with van der Waals surface area (Å²) in [4.78, 5) is 1.99. The first-order chi connectivity index (χ1) is 9.61. The standard InChI is InChI=1S/C16H18F2N2/c1-2-9-20(14-7-4-6-13(19)10-14)11-12-5-3-8-15(17)16(12)18/h3-8,10H,2,9,11,19H2,1H3. The number of nitrogens with zero attached hydrogens (tertiary/aromatic N) is 1. The van der Waals surface area contributed by atoms with E-state index in [0.717, 1.165) is 24.7 Å². The highest BCUT2D eigenvalue weighted by Crippen LogP contribution is 2.22. The number of nitrogens with two attached hydrogens (primary N) is 1. The molecule has 2 nitrogen and oxygen atoms in total. The number of hydrogen-bond donors (Lipinski definition) is 1. The van der Waals surface area contributed by atoms with E-state index in [2.05, 4.69) is 0 Å². The molecule has 0 saturated carbocycles. The molecule has 20 heavy (non-hydrogen) atoms. The van der Waals surface area contributed by atoms with E-state index in [9.17, 15) is 8.78 Å². The number of hydrogen-bond acceptors (Lipinski definition) is 2. The van der Waals surface area contributed by atoms with Crippen molar-refractivity contribution < 1.29 is 8.78 Å². The highest BCUT2D eigenvalue weighted by molar-refractivity contribution is 5.56. The van der Waals surface area contributed by atoms with Gasteiger partial charge >= 0.3 is 0 Å². The molecule has 0 heterocycles. The minimum atomic E-state index is -0.813. The Labute approximate surface area is 117 Å². The van der Waals surface area contributed by atoms with Gasteiger partial charge in [-0.2, -0.15) is 0 Å². The van der Waals surface area contributed by atoms with E-state index >= 15 is 0 Å². The van der Waals surface area contributed by atoms with Gasteiger partial charge in [-0.15, -0.1) is 0 Å². The molecule has 106 valence electrons. The highest BCUT2D eigenvalue weighted by atomic mass is 19.2.